The van der Waals surface area contributed by atoms with Crippen molar-refractivity contribution < 1.29 is 58.0 Å². The van der Waals surface area contributed by atoms with E-state index in [2.05, 4.69) is 45.0 Å². The fraction of sp³-hybridized carbons (Fsp3) is 0.400. The van der Waals surface area contributed by atoms with Gasteiger partial charge >= 0.3 is 0 Å². The van der Waals surface area contributed by atoms with Gasteiger partial charge < -0.3 is 58.0 Å². The summed E-state index contributed by atoms with van der Waals surface area (Å²) < 4.78 is 49.2. The summed E-state index contributed by atoms with van der Waals surface area (Å²) in [7, 11) is 14.9. The summed E-state index contributed by atoms with van der Waals surface area (Å²) >= 11 is 0. The molecular weight excluding hydrogens is 955 g/mol. The van der Waals surface area contributed by atoms with Crippen LogP contribution in [0.5, 0.6) is 69.0 Å². The fourth-order valence-electron chi connectivity index (χ4n) is 12.5. The van der Waals surface area contributed by atoms with E-state index >= 15 is 0 Å². The predicted molar refractivity (Wildman–Crippen MR) is 284 cm³/mol. The van der Waals surface area contributed by atoms with Crippen molar-refractivity contribution in [3.05, 3.63) is 140 Å². The van der Waals surface area contributed by atoms with Gasteiger partial charge in [-0.05, 0) is 143 Å². The molecule has 6 heterocycles. The Morgan fingerprint density at radius 1 is 0.333 bits per heavy atom. The van der Waals surface area contributed by atoms with E-state index in [-0.39, 0.29) is 23.3 Å². The normalized spacial score (nSPS) is 18.8. The molecule has 6 aromatic carbocycles. The molecule has 0 radical (unpaired) electrons. The van der Waals surface area contributed by atoms with E-state index in [1.165, 1.54) is 50.1 Å². The van der Waals surface area contributed by atoms with Gasteiger partial charge in [0.1, 0.15) is 0 Å². The molecule has 0 bridgehead atoms. The van der Waals surface area contributed by atoms with Gasteiger partial charge in [-0.3, -0.25) is 14.7 Å². The number of benzene rings is 6. The van der Waals surface area contributed by atoms with Gasteiger partial charge in [-0.2, -0.15) is 0 Å². The molecule has 15 heteroatoms. The van der Waals surface area contributed by atoms with Crippen molar-refractivity contribution in [1.82, 2.24) is 14.7 Å². The Hall–Kier alpha value is -7.20. The summed E-state index contributed by atoms with van der Waals surface area (Å²) in [5.41, 5.74) is 14.9. The molecule has 12 rings (SSSR count). The molecule has 0 saturated carbocycles. The van der Waals surface area contributed by atoms with Crippen LogP contribution < -0.4 is 42.6 Å². The predicted octanol–water partition coefficient (Wildman–Crippen LogP) is 9.22. The van der Waals surface area contributed by atoms with Crippen LogP contribution >= 0.6 is 0 Å². The van der Waals surface area contributed by atoms with Crippen molar-refractivity contribution in [3.8, 4) is 69.0 Å². The molecule has 0 aromatic heterocycles. The van der Waals surface area contributed by atoms with Gasteiger partial charge in [0.15, 0.2) is 69.0 Å². The molecule has 0 amide bonds. The lowest BCUT2D eigenvalue weighted by Gasteiger charge is -2.42. The Morgan fingerprint density at radius 2 is 0.667 bits per heavy atom. The summed E-state index contributed by atoms with van der Waals surface area (Å²) in [5.74, 6) is 7.14. The van der Waals surface area contributed by atoms with Gasteiger partial charge in [-0.25, -0.2) is 0 Å². The Balaban J connectivity index is 0.000000128. The lowest BCUT2D eigenvalue weighted by Crippen LogP contribution is -2.39. The third kappa shape index (κ3) is 9.39. The molecule has 6 aromatic rings. The van der Waals surface area contributed by atoms with Crippen molar-refractivity contribution in [3.63, 3.8) is 0 Å². The molecule has 0 saturated heterocycles. The van der Waals surface area contributed by atoms with Crippen LogP contribution in [0.3, 0.4) is 0 Å². The minimum atomic E-state index is 0.187. The van der Waals surface area contributed by atoms with Crippen LogP contribution in [0.4, 0.5) is 0 Å². The number of nitrogens with zero attached hydrogens (tertiary/aromatic N) is 3. The van der Waals surface area contributed by atoms with E-state index in [4.69, 9.17) is 42.6 Å². The second-order valence-electron chi connectivity index (χ2n) is 19.8. The lowest BCUT2D eigenvalue weighted by molar-refractivity contribution is 0.157. The zero-order valence-electron chi connectivity index (χ0n) is 44.5. The zero-order valence-corrected chi connectivity index (χ0v) is 44.5. The van der Waals surface area contributed by atoms with Crippen LogP contribution in [0.1, 0.15) is 84.9 Å². The Kier molecular flexibility index (Phi) is 14.8. The summed E-state index contributed by atoms with van der Waals surface area (Å²) in [4.78, 5) is 7.37. The van der Waals surface area contributed by atoms with E-state index < -0.39 is 0 Å². The summed E-state index contributed by atoms with van der Waals surface area (Å²) in [6.45, 7) is 5.32. The maximum atomic E-state index is 10.2. The third-order valence-corrected chi connectivity index (χ3v) is 16.3. The van der Waals surface area contributed by atoms with E-state index in [9.17, 15) is 15.3 Å². The quantitative estimate of drug-likeness (QED) is 0.126. The molecular formula is C60H69N3O12. The van der Waals surface area contributed by atoms with Crippen LogP contribution in [0.15, 0.2) is 72.8 Å². The molecule has 3 N–H and O–H groups in total. The molecule has 75 heavy (non-hydrogen) atoms. The van der Waals surface area contributed by atoms with Crippen molar-refractivity contribution in [2.45, 2.75) is 76.3 Å². The number of hydrogen-bond donors (Lipinski definition) is 3. The van der Waals surface area contributed by atoms with E-state index in [0.717, 1.165) is 129 Å². The molecule has 0 spiro atoms. The van der Waals surface area contributed by atoms with E-state index in [0.29, 0.717) is 29.3 Å². The van der Waals surface area contributed by atoms with Gasteiger partial charge in [-0.15, -0.1) is 0 Å². The number of hydrogen-bond acceptors (Lipinski definition) is 15. The maximum Gasteiger partial charge on any atom is 0.165 e. The van der Waals surface area contributed by atoms with Gasteiger partial charge in [0.25, 0.3) is 0 Å². The minimum absolute atomic E-state index is 0.187. The van der Waals surface area contributed by atoms with Gasteiger partial charge in [-0.1, -0.05) is 18.2 Å². The van der Waals surface area contributed by atoms with Crippen LogP contribution in [-0.4, -0.2) is 114 Å². The van der Waals surface area contributed by atoms with Crippen molar-refractivity contribution in [1.29, 1.82) is 0 Å². The number of phenolic OH excluding ortho intramolecular Hbond substituents is 3. The van der Waals surface area contributed by atoms with Gasteiger partial charge in [0, 0.05) is 74.1 Å². The van der Waals surface area contributed by atoms with Gasteiger partial charge in [0.05, 0.1) is 64.0 Å². The molecule has 6 aliphatic rings. The SMILES string of the molecule is COc1cc2c(cc1O)C1Cc3ccc(O)c(OC)c3CN1CC2.COc1cc2c(cc1OC)C1Cc3ccc(O)c(OC)c3CN1CC2.COc1cc2c(cc1OC)C1Cc3ccc(OC)c(OC)c3CN1CC2. The summed E-state index contributed by atoms with van der Waals surface area (Å²) in [6.07, 6.45) is 5.59. The van der Waals surface area contributed by atoms with Crippen molar-refractivity contribution in [2.24, 2.45) is 0 Å². The largest absolute Gasteiger partial charge is 0.504 e. The summed E-state index contributed by atoms with van der Waals surface area (Å²) in [5, 5.41) is 30.3. The molecule has 0 fully saturated rings. The smallest absolute Gasteiger partial charge is 0.165 e. The first kappa shape index (κ1) is 51.3. The molecule has 15 nitrogen and oxygen atoms in total. The highest BCUT2D eigenvalue weighted by atomic mass is 16.5. The number of fused-ring (bicyclic) bond motifs is 12. The Labute approximate surface area is 439 Å². The summed E-state index contributed by atoms with van der Waals surface area (Å²) in [6, 6.07) is 24.8. The van der Waals surface area contributed by atoms with Crippen LogP contribution in [0, 0.1) is 0 Å². The topological polar surface area (TPSA) is 153 Å². The van der Waals surface area contributed by atoms with E-state index in [1.54, 1.807) is 76.1 Å². The zero-order chi connectivity index (χ0) is 52.7. The second kappa shape index (κ2) is 21.6. The highest BCUT2D eigenvalue weighted by molar-refractivity contribution is 5.58. The average Bonchev–Trinajstić information content (AvgIpc) is 3.45. The molecule has 3 unspecified atom stereocenters. The first-order valence-corrected chi connectivity index (χ1v) is 25.6. The second-order valence-corrected chi connectivity index (χ2v) is 19.8. The average molecular weight is 1020 g/mol. The highest BCUT2D eigenvalue weighted by Gasteiger charge is 2.38. The number of rotatable bonds is 9. The first-order chi connectivity index (χ1) is 36.5. The molecule has 6 aliphatic heterocycles. The monoisotopic (exact) mass is 1020 g/mol. The van der Waals surface area contributed by atoms with Crippen LogP contribution in [0.2, 0.25) is 0 Å². The first-order valence-electron chi connectivity index (χ1n) is 25.6. The van der Waals surface area contributed by atoms with Crippen LogP contribution in [0.25, 0.3) is 0 Å². The molecule has 3 atom stereocenters. The highest BCUT2D eigenvalue weighted by Crippen LogP contribution is 2.49. The van der Waals surface area contributed by atoms with Crippen molar-refractivity contribution >= 4 is 0 Å². The van der Waals surface area contributed by atoms with E-state index in [1.807, 2.05) is 30.3 Å². The standard InChI is InChI=1S/C21H25NO4.C20H23NO4.C19H21NO4/c1-23-18-6-5-13-9-17-15-11-20(25-3)19(24-2)10-14(15)7-8-22(17)12-16(13)21(18)26-4;1-23-18-9-13-6-7-21-11-15-12(4-5-17(22)20(15)25-3)8-16(21)14(13)10-19(18)24-2;1-23-18-8-12-5-6-20-10-14-11(3-4-16(21)19(14)24-2)7-15(20)13(12)9-17(18)22/h5-6,10-11,17H,7-9,12H2,1-4H3;4-5,9-10,16,22H,6-8,11H2,1-3H3;3-4,8-9,15,21-22H,5-7,10H2,1-2H3. The fourth-order valence-corrected chi connectivity index (χ4v) is 12.5. The molecule has 0 aliphatic carbocycles. The number of phenols is 3. The maximum absolute atomic E-state index is 10.2. The van der Waals surface area contributed by atoms with Gasteiger partial charge in [0.2, 0.25) is 0 Å². The number of ether oxygens (including phenoxy) is 9. The van der Waals surface area contributed by atoms with Crippen LogP contribution in [-0.2, 0) is 58.2 Å². The lowest BCUT2D eigenvalue weighted by atomic mass is 9.83. The number of methoxy groups -OCH3 is 9. The van der Waals surface area contributed by atoms with Crippen molar-refractivity contribution in [2.75, 3.05) is 83.6 Å². The molecule has 396 valence electrons. The minimum Gasteiger partial charge on any atom is -0.504 e. The Bertz CT molecular complexity index is 3100. The third-order valence-electron chi connectivity index (χ3n) is 16.3. The Morgan fingerprint density at radius 3 is 1.04 bits per heavy atom. The number of aromatic hydroxyl groups is 3.